The van der Waals surface area contributed by atoms with E-state index in [4.69, 9.17) is 21.1 Å². The zero-order chi connectivity index (χ0) is 23.9. The van der Waals surface area contributed by atoms with E-state index in [0.29, 0.717) is 28.8 Å². The van der Waals surface area contributed by atoms with Crippen molar-refractivity contribution in [2.24, 2.45) is 7.05 Å². The predicted octanol–water partition coefficient (Wildman–Crippen LogP) is 3.91. The van der Waals surface area contributed by atoms with Crippen LogP contribution in [-0.2, 0) is 18.3 Å². The molecule has 8 nitrogen and oxygen atoms in total. The number of rotatable bonds is 8. The van der Waals surface area contributed by atoms with Crippen molar-refractivity contribution >= 4 is 23.3 Å². The molecule has 0 radical (unpaired) electrons. The number of benzene rings is 2. The maximum atomic E-state index is 13.1. The molecule has 180 valence electrons. The Balaban J connectivity index is 1.45. The van der Waals surface area contributed by atoms with Crippen LogP contribution in [0.3, 0.4) is 0 Å². The molecule has 1 fully saturated rings. The van der Waals surface area contributed by atoms with E-state index >= 15 is 0 Å². The molecule has 34 heavy (non-hydrogen) atoms. The number of hydrogen-bond donors (Lipinski definition) is 2. The number of carbonyl (C=O) groups is 1. The summed E-state index contributed by atoms with van der Waals surface area (Å²) in [5.41, 5.74) is 2.79. The maximum Gasteiger partial charge on any atom is 0.319 e. The highest BCUT2D eigenvalue weighted by Gasteiger charge is 2.17. The zero-order valence-electron chi connectivity index (χ0n) is 18.9. The third kappa shape index (κ3) is 6.25. The maximum absolute atomic E-state index is 13.1. The predicted molar refractivity (Wildman–Crippen MR) is 129 cm³/mol. The first-order valence-corrected chi connectivity index (χ1v) is 11.4. The zero-order valence-corrected chi connectivity index (χ0v) is 19.6. The van der Waals surface area contributed by atoms with Gasteiger partial charge in [-0.05, 0) is 35.9 Å². The van der Waals surface area contributed by atoms with E-state index in [1.54, 1.807) is 36.1 Å². The number of hydrogen-bond acceptors (Lipinski definition) is 5. The third-order valence-corrected chi connectivity index (χ3v) is 5.80. The van der Waals surface area contributed by atoms with Crippen LogP contribution in [0.15, 0.2) is 48.7 Å². The average molecular weight is 488 g/mol. The van der Waals surface area contributed by atoms with Gasteiger partial charge >= 0.3 is 6.03 Å². The van der Waals surface area contributed by atoms with Gasteiger partial charge in [0.1, 0.15) is 18.2 Å². The van der Waals surface area contributed by atoms with E-state index in [-0.39, 0.29) is 18.4 Å². The van der Waals surface area contributed by atoms with Crippen molar-refractivity contribution in [3.8, 4) is 17.0 Å². The van der Waals surface area contributed by atoms with Crippen LogP contribution >= 0.6 is 11.6 Å². The largest absolute Gasteiger partial charge is 0.492 e. The molecule has 0 unspecified atom stereocenters. The van der Waals surface area contributed by atoms with Gasteiger partial charge in [0.25, 0.3) is 0 Å². The number of amides is 2. The Kier molecular flexibility index (Phi) is 7.99. The summed E-state index contributed by atoms with van der Waals surface area (Å²) in [6, 6.07) is 11.0. The number of nitrogens with one attached hydrogen (secondary N) is 2. The molecule has 0 saturated carbocycles. The average Bonchev–Trinajstić information content (AvgIpc) is 3.18. The van der Waals surface area contributed by atoms with E-state index in [0.717, 1.165) is 44.0 Å². The molecule has 0 aliphatic carbocycles. The van der Waals surface area contributed by atoms with Gasteiger partial charge in [0.15, 0.2) is 0 Å². The Hall–Kier alpha value is -3.14. The van der Waals surface area contributed by atoms with Crippen molar-refractivity contribution in [3.05, 3.63) is 65.1 Å². The molecule has 0 bridgehead atoms. The Morgan fingerprint density at radius 2 is 1.97 bits per heavy atom. The minimum Gasteiger partial charge on any atom is -0.492 e. The van der Waals surface area contributed by atoms with Gasteiger partial charge < -0.3 is 20.1 Å². The van der Waals surface area contributed by atoms with Crippen LogP contribution in [-0.4, -0.2) is 60.2 Å². The third-order valence-electron chi connectivity index (χ3n) is 5.52. The highest BCUT2D eigenvalue weighted by atomic mass is 35.5. The van der Waals surface area contributed by atoms with Crippen molar-refractivity contribution in [2.45, 2.75) is 6.54 Å². The molecule has 0 spiro atoms. The molecular formula is C24H27ClFN5O3. The Bertz CT molecular complexity index is 1100. The van der Waals surface area contributed by atoms with Gasteiger partial charge in [-0.15, -0.1) is 0 Å². The van der Waals surface area contributed by atoms with Gasteiger partial charge in [0.2, 0.25) is 0 Å². The summed E-state index contributed by atoms with van der Waals surface area (Å²) in [6.45, 7) is 4.81. The van der Waals surface area contributed by atoms with Gasteiger partial charge in [0.05, 0.1) is 30.1 Å². The fourth-order valence-corrected chi connectivity index (χ4v) is 3.97. The molecule has 2 aromatic carbocycles. The van der Waals surface area contributed by atoms with E-state index < -0.39 is 0 Å². The Labute approximate surface area is 202 Å². The van der Waals surface area contributed by atoms with Crippen LogP contribution in [0.1, 0.15) is 5.56 Å². The lowest BCUT2D eigenvalue weighted by Gasteiger charge is -2.26. The smallest absolute Gasteiger partial charge is 0.319 e. The molecule has 10 heteroatoms. The van der Waals surface area contributed by atoms with Crippen LogP contribution in [0.2, 0.25) is 5.02 Å². The summed E-state index contributed by atoms with van der Waals surface area (Å²) in [5, 5.41) is 10.3. The quantitative estimate of drug-likeness (QED) is 0.503. The second-order valence-corrected chi connectivity index (χ2v) is 8.32. The molecular weight excluding hydrogens is 461 g/mol. The van der Waals surface area contributed by atoms with Crippen LogP contribution in [0.5, 0.6) is 5.75 Å². The summed E-state index contributed by atoms with van der Waals surface area (Å²) in [6.07, 6.45) is 1.57. The summed E-state index contributed by atoms with van der Waals surface area (Å²) < 4.78 is 26.2. The molecule has 0 atom stereocenters. The molecule has 1 aliphatic rings. The number of anilines is 1. The fraction of sp³-hybridized carbons (Fsp3) is 0.333. The van der Waals surface area contributed by atoms with E-state index in [1.807, 2.05) is 12.1 Å². The van der Waals surface area contributed by atoms with Crippen LogP contribution in [0, 0.1) is 5.82 Å². The Morgan fingerprint density at radius 3 is 2.68 bits per heavy atom. The number of ether oxygens (including phenoxy) is 2. The number of halogens is 2. The Morgan fingerprint density at radius 1 is 1.21 bits per heavy atom. The molecule has 1 aliphatic heterocycles. The van der Waals surface area contributed by atoms with Crippen LogP contribution in [0.25, 0.3) is 11.3 Å². The standard InChI is InChI=1S/C24H27ClFN5O3/c1-30-23(21(25)16-28-30)20-14-19(29-24(32)27-15-17-2-4-18(26)5-3-17)6-7-22(20)34-13-10-31-8-11-33-12-9-31/h2-7,14,16H,8-13,15H2,1H3,(H2,27,29,32). The monoisotopic (exact) mass is 487 g/mol. The summed E-state index contributed by atoms with van der Waals surface area (Å²) in [7, 11) is 1.80. The van der Waals surface area contributed by atoms with E-state index in [1.165, 1.54) is 12.1 Å². The number of urea groups is 1. The van der Waals surface area contributed by atoms with Gasteiger partial charge in [-0.25, -0.2) is 9.18 Å². The highest BCUT2D eigenvalue weighted by Crippen LogP contribution is 2.36. The van der Waals surface area contributed by atoms with E-state index in [9.17, 15) is 9.18 Å². The topological polar surface area (TPSA) is 80.7 Å². The first-order chi connectivity index (χ1) is 16.5. The molecule has 1 saturated heterocycles. The lowest BCUT2D eigenvalue weighted by molar-refractivity contribution is 0.0323. The van der Waals surface area contributed by atoms with Crippen molar-refractivity contribution in [1.82, 2.24) is 20.0 Å². The highest BCUT2D eigenvalue weighted by molar-refractivity contribution is 6.33. The second kappa shape index (κ2) is 11.3. The lowest BCUT2D eigenvalue weighted by Crippen LogP contribution is -2.38. The first-order valence-electron chi connectivity index (χ1n) is 11.0. The number of aryl methyl sites for hydroxylation is 1. The van der Waals surface area contributed by atoms with Crippen molar-refractivity contribution < 1.29 is 18.7 Å². The van der Waals surface area contributed by atoms with Gasteiger partial charge in [-0.1, -0.05) is 23.7 Å². The minimum atomic E-state index is -0.382. The van der Waals surface area contributed by atoms with Gasteiger partial charge in [0, 0.05) is 44.5 Å². The van der Waals surface area contributed by atoms with Gasteiger partial charge in [-0.3, -0.25) is 9.58 Å². The number of aromatic nitrogens is 2. The summed E-state index contributed by atoms with van der Waals surface area (Å²) in [5.74, 6) is 0.331. The van der Waals surface area contributed by atoms with Crippen molar-refractivity contribution in [1.29, 1.82) is 0 Å². The molecule has 2 heterocycles. The molecule has 4 rings (SSSR count). The fourth-order valence-electron chi connectivity index (χ4n) is 3.70. The normalized spacial score (nSPS) is 14.1. The number of morpholine rings is 1. The molecule has 1 aromatic heterocycles. The number of carbonyl (C=O) groups excluding carboxylic acids is 1. The van der Waals surface area contributed by atoms with Gasteiger partial charge in [-0.2, -0.15) is 5.10 Å². The summed E-state index contributed by atoms with van der Waals surface area (Å²) in [4.78, 5) is 14.7. The first kappa shape index (κ1) is 24.0. The lowest BCUT2D eigenvalue weighted by atomic mass is 10.1. The van der Waals surface area contributed by atoms with E-state index in [2.05, 4.69) is 20.6 Å². The van der Waals surface area contributed by atoms with Crippen molar-refractivity contribution in [3.63, 3.8) is 0 Å². The SMILES string of the molecule is Cn1ncc(Cl)c1-c1cc(NC(=O)NCc2ccc(F)cc2)ccc1OCCN1CCOCC1. The second-order valence-electron chi connectivity index (χ2n) is 7.91. The molecule has 2 amide bonds. The van der Waals surface area contributed by atoms with Crippen LogP contribution < -0.4 is 15.4 Å². The minimum absolute atomic E-state index is 0.273. The summed E-state index contributed by atoms with van der Waals surface area (Å²) >= 11 is 6.41. The van der Waals surface area contributed by atoms with Crippen molar-refractivity contribution in [2.75, 3.05) is 44.8 Å². The number of nitrogens with zero attached hydrogens (tertiary/aromatic N) is 3. The molecule has 3 aromatic rings. The molecule has 2 N–H and O–H groups in total. The van der Waals surface area contributed by atoms with Crippen LogP contribution in [0.4, 0.5) is 14.9 Å².